The van der Waals surface area contributed by atoms with Gasteiger partial charge in [0.1, 0.15) is 11.3 Å². The van der Waals surface area contributed by atoms with Crippen molar-refractivity contribution in [1.82, 2.24) is 14.7 Å². The highest BCUT2D eigenvalue weighted by atomic mass is 16.5. The van der Waals surface area contributed by atoms with Gasteiger partial charge in [-0.15, -0.1) is 0 Å². The van der Waals surface area contributed by atoms with Gasteiger partial charge in [0.15, 0.2) is 0 Å². The molecular formula is C18H27N3O4. The van der Waals surface area contributed by atoms with Gasteiger partial charge in [0.25, 0.3) is 5.91 Å². The molecule has 0 aromatic carbocycles. The van der Waals surface area contributed by atoms with E-state index >= 15 is 0 Å². The zero-order valence-electron chi connectivity index (χ0n) is 14.9. The number of carbonyl (C=O) groups excluding carboxylic acids is 1. The Balaban J connectivity index is 1.26. The normalized spacial score (nSPS) is 26.6. The van der Waals surface area contributed by atoms with Gasteiger partial charge in [0.05, 0.1) is 19.2 Å². The van der Waals surface area contributed by atoms with Crippen molar-refractivity contribution in [2.45, 2.75) is 37.4 Å². The summed E-state index contributed by atoms with van der Waals surface area (Å²) in [6, 6.07) is 1.76. The number of rotatable bonds is 4. The van der Waals surface area contributed by atoms with Gasteiger partial charge in [-0.2, -0.15) is 5.10 Å². The zero-order valence-corrected chi connectivity index (χ0v) is 14.9. The third-order valence-corrected chi connectivity index (χ3v) is 5.53. The lowest BCUT2D eigenvalue weighted by atomic mass is 9.84. The molecular weight excluding hydrogens is 322 g/mol. The summed E-state index contributed by atoms with van der Waals surface area (Å²) >= 11 is 0. The molecule has 1 spiro atoms. The van der Waals surface area contributed by atoms with E-state index in [1.165, 1.54) is 0 Å². The van der Waals surface area contributed by atoms with E-state index in [2.05, 4.69) is 5.10 Å². The van der Waals surface area contributed by atoms with Crippen molar-refractivity contribution in [2.24, 2.45) is 13.0 Å². The average molecular weight is 349 g/mol. The fourth-order valence-electron chi connectivity index (χ4n) is 4.01. The number of carbonyl (C=O) groups is 1. The lowest BCUT2D eigenvalue weighted by molar-refractivity contribution is -0.188. The van der Waals surface area contributed by atoms with Crippen molar-refractivity contribution in [1.29, 1.82) is 0 Å². The van der Waals surface area contributed by atoms with Crippen molar-refractivity contribution in [3.63, 3.8) is 0 Å². The Hall–Kier alpha value is -1.44. The molecule has 4 rings (SSSR count). The van der Waals surface area contributed by atoms with Crippen LogP contribution in [0.25, 0.3) is 0 Å². The van der Waals surface area contributed by atoms with E-state index in [-0.39, 0.29) is 17.6 Å². The number of aromatic nitrogens is 2. The van der Waals surface area contributed by atoms with Gasteiger partial charge in [-0.05, 0) is 31.2 Å². The summed E-state index contributed by atoms with van der Waals surface area (Å²) in [6.45, 7) is 4.52. The molecule has 138 valence electrons. The highest BCUT2D eigenvalue weighted by Crippen LogP contribution is 2.36. The number of hydrogen-bond donors (Lipinski definition) is 0. The lowest BCUT2D eigenvalue weighted by Gasteiger charge is -2.52. The third-order valence-electron chi connectivity index (χ3n) is 5.53. The average Bonchev–Trinajstić information content (AvgIpc) is 3.05. The van der Waals surface area contributed by atoms with Crippen LogP contribution in [0.5, 0.6) is 0 Å². The highest BCUT2D eigenvalue weighted by molar-refractivity contribution is 5.93. The predicted molar refractivity (Wildman–Crippen MR) is 90.3 cm³/mol. The van der Waals surface area contributed by atoms with Gasteiger partial charge in [-0.25, -0.2) is 0 Å². The topological polar surface area (TPSA) is 65.8 Å². The fraction of sp³-hybridized carbons (Fsp3) is 0.778. The summed E-state index contributed by atoms with van der Waals surface area (Å²) in [6.07, 6.45) is 6.05. The number of nitrogens with zero attached hydrogens (tertiary/aromatic N) is 3. The summed E-state index contributed by atoms with van der Waals surface area (Å²) in [5.74, 6) is 0.608. The molecule has 3 fully saturated rings. The molecule has 3 saturated heterocycles. The van der Waals surface area contributed by atoms with Gasteiger partial charge < -0.3 is 19.1 Å². The smallest absolute Gasteiger partial charge is 0.274 e. The summed E-state index contributed by atoms with van der Waals surface area (Å²) < 4.78 is 19.3. The number of amides is 1. The third kappa shape index (κ3) is 3.73. The van der Waals surface area contributed by atoms with Crippen molar-refractivity contribution in [3.05, 3.63) is 18.0 Å². The molecule has 1 unspecified atom stereocenters. The molecule has 7 nitrogen and oxygen atoms in total. The van der Waals surface area contributed by atoms with Crippen LogP contribution in [0.4, 0.5) is 0 Å². The number of ether oxygens (including phenoxy) is 3. The van der Waals surface area contributed by atoms with Crippen molar-refractivity contribution >= 4 is 5.91 Å². The van der Waals surface area contributed by atoms with E-state index in [0.29, 0.717) is 31.3 Å². The zero-order chi connectivity index (χ0) is 17.3. The minimum atomic E-state index is -0.219. The van der Waals surface area contributed by atoms with Gasteiger partial charge in [-0.1, -0.05) is 0 Å². The first kappa shape index (κ1) is 17.0. The summed E-state index contributed by atoms with van der Waals surface area (Å²) in [5.41, 5.74) is 0.281. The minimum Gasteiger partial charge on any atom is -0.381 e. The SMILES string of the molecule is Cn1ccc(C(=O)N2CC3(CC(OCC4CCOCC4)CCO3)C2)n1. The van der Waals surface area contributed by atoms with Gasteiger partial charge >= 0.3 is 0 Å². The maximum absolute atomic E-state index is 12.4. The Labute approximate surface area is 148 Å². The maximum Gasteiger partial charge on any atom is 0.274 e. The summed E-state index contributed by atoms with van der Waals surface area (Å²) in [5, 5.41) is 4.19. The molecule has 7 heteroatoms. The second-order valence-electron chi connectivity index (χ2n) is 7.57. The van der Waals surface area contributed by atoms with Crippen LogP contribution >= 0.6 is 0 Å². The Bertz CT molecular complexity index is 605. The van der Waals surface area contributed by atoms with E-state index in [1.54, 1.807) is 16.9 Å². The second kappa shape index (κ2) is 7.05. The quantitative estimate of drug-likeness (QED) is 0.818. The van der Waals surface area contributed by atoms with Crippen LogP contribution in [0.3, 0.4) is 0 Å². The second-order valence-corrected chi connectivity index (χ2v) is 7.57. The standard InChI is InChI=1S/C18H27N3O4/c1-20-6-2-16(19-20)17(22)21-12-18(13-21)10-15(5-9-25-18)24-11-14-3-7-23-8-4-14/h2,6,14-15H,3-5,7-13H2,1H3. The van der Waals surface area contributed by atoms with Crippen LogP contribution in [0.2, 0.25) is 0 Å². The number of likely N-dealkylation sites (tertiary alicyclic amines) is 1. The molecule has 25 heavy (non-hydrogen) atoms. The monoisotopic (exact) mass is 349 g/mol. The molecule has 0 saturated carbocycles. The Morgan fingerprint density at radius 1 is 1.32 bits per heavy atom. The Morgan fingerprint density at radius 2 is 2.12 bits per heavy atom. The van der Waals surface area contributed by atoms with E-state index < -0.39 is 0 Å². The first-order valence-corrected chi connectivity index (χ1v) is 9.26. The first-order chi connectivity index (χ1) is 12.1. The molecule has 3 aliphatic heterocycles. The molecule has 1 aromatic rings. The van der Waals surface area contributed by atoms with E-state index in [4.69, 9.17) is 14.2 Å². The fourth-order valence-corrected chi connectivity index (χ4v) is 4.01. The van der Waals surface area contributed by atoms with Crippen molar-refractivity contribution in [3.8, 4) is 0 Å². The molecule has 0 bridgehead atoms. The van der Waals surface area contributed by atoms with E-state index in [1.807, 2.05) is 11.9 Å². The van der Waals surface area contributed by atoms with Gasteiger partial charge in [0, 0.05) is 46.1 Å². The highest BCUT2D eigenvalue weighted by Gasteiger charge is 2.50. The molecule has 0 radical (unpaired) electrons. The molecule has 1 aromatic heterocycles. The summed E-state index contributed by atoms with van der Waals surface area (Å²) in [4.78, 5) is 14.3. The Kier molecular flexibility index (Phi) is 4.80. The number of aryl methyl sites for hydroxylation is 1. The van der Waals surface area contributed by atoms with Crippen LogP contribution in [0.1, 0.15) is 36.2 Å². The molecule has 1 atom stereocenters. The molecule has 0 N–H and O–H groups in total. The van der Waals surface area contributed by atoms with Crippen molar-refractivity contribution in [2.75, 3.05) is 39.5 Å². The minimum absolute atomic E-state index is 0.0138. The van der Waals surface area contributed by atoms with Crippen LogP contribution in [-0.2, 0) is 21.3 Å². The number of hydrogen-bond acceptors (Lipinski definition) is 5. The van der Waals surface area contributed by atoms with Crippen LogP contribution < -0.4 is 0 Å². The van der Waals surface area contributed by atoms with Crippen LogP contribution in [-0.4, -0.2) is 71.8 Å². The van der Waals surface area contributed by atoms with Crippen molar-refractivity contribution < 1.29 is 19.0 Å². The lowest BCUT2D eigenvalue weighted by Crippen LogP contribution is -2.67. The predicted octanol–water partition coefficient (Wildman–Crippen LogP) is 1.24. The first-order valence-electron chi connectivity index (χ1n) is 9.26. The molecule has 0 aliphatic carbocycles. The van der Waals surface area contributed by atoms with E-state index in [0.717, 1.165) is 45.5 Å². The largest absolute Gasteiger partial charge is 0.381 e. The van der Waals surface area contributed by atoms with E-state index in [9.17, 15) is 4.79 Å². The molecule has 3 aliphatic rings. The van der Waals surface area contributed by atoms with Gasteiger partial charge in [-0.3, -0.25) is 9.48 Å². The summed E-state index contributed by atoms with van der Waals surface area (Å²) in [7, 11) is 1.82. The molecule has 1 amide bonds. The van der Waals surface area contributed by atoms with Crippen LogP contribution in [0, 0.1) is 5.92 Å². The molecule has 4 heterocycles. The maximum atomic E-state index is 12.4. The van der Waals surface area contributed by atoms with Crippen LogP contribution in [0.15, 0.2) is 12.3 Å². The van der Waals surface area contributed by atoms with Gasteiger partial charge in [0.2, 0.25) is 0 Å². The Morgan fingerprint density at radius 3 is 2.84 bits per heavy atom.